The zero-order valence-electron chi connectivity index (χ0n) is 42.9. The highest BCUT2D eigenvalue weighted by molar-refractivity contribution is 7.00. The number of aryl methyl sites for hydroxylation is 2. The average Bonchev–Trinajstić information content (AvgIpc) is 3.50. The third-order valence-electron chi connectivity index (χ3n) is 15.8. The molecule has 0 aromatic heterocycles. The van der Waals surface area contributed by atoms with Crippen LogP contribution in [0.2, 0.25) is 0 Å². The smallest absolute Gasteiger partial charge is 0.252 e. The van der Waals surface area contributed by atoms with Crippen molar-refractivity contribution >= 4 is 57.2 Å². The summed E-state index contributed by atoms with van der Waals surface area (Å²) in [6, 6.07) is 65.5. The van der Waals surface area contributed by atoms with Gasteiger partial charge in [-0.05, 0) is 156 Å². The maximum absolute atomic E-state index is 2.66. The van der Waals surface area contributed by atoms with Gasteiger partial charge in [-0.25, -0.2) is 0 Å². The van der Waals surface area contributed by atoms with Crippen molar-refractivity contribution in [3.63, 3.8) is 0 Å². The Labute approximate surface area is 413 Å². The van der Waals surface area contributed by atoms with E-state index in [-0.39, 0.29) is 34.3 Å². The summed E-state index contributed by atoms with van der Waals surface area (Å²) >= 11 is 0. The first-order chi connectivity index (χ1) is 32.8. The van der Waals surface area contributed by atoms with E-state index < -0.39 is 0 Å². The van der Waals surface area contributed by atoms with Crippen LogP contribution in [-0.2, 0) is 21.7 Å². The van der Waals surface area contributed by atoms with Gasteiger partial charge in [0.1, 0.15) is 0 Å². The fourth-order valence-corrected chi connectivity index (χ4v) is 12.6. The van der Waals surface area contributed by atoms with Gasteiger partial charge in [0.2, 0.25) is 0 Å². The van der Waals surface area contributed by atoms with E-state index >= 15 is 0 Å². The van der Waals surface area contributed by atoms with E-state index in [2.05, 4.69) is 263 Å². The van der Waals surface area contributed by atoms with Gasteiger partial charge in [0.25, 0.3) is 6.71 Å². The Morgan fingerprint density at radius 1 is 0.449 bits per heavy atom. The fraction of sp³-hybridized carbons (Fsp3) is 0.273. The summed E-state index contributed by atoms with van der Waals surface area (Å²) in [6.07, 6.45) is 1.11. The Kier molecular flexibility index (Phi) is 10.4. The van der Waals surface area contributed by atoms with Crippen LogP contribution in [0.25, 0.3) is 11.1 Å². The van der Waals surface area contributed by atoms with Crippen molar-refractivity contribution < 1.29 is 0 Å². The van der Waals surface area contributed by atoms with Gasteiger partial charge in [-0.15, -0.1) is 0 Å². The van der Waals surface area contributed by atoms with Gasteiger partial charge in [0.15, 0.2) is 0 Å². The fourth-order valence-electron chi connectivity index (χ4n) is 12.6. The molecule has 0 fully saturated rings. The molecule has 344 valence electrons. The second-order valence-corrected chi connectivity index (χ2v) is 23.9. The van der Waals surface area contributed by atoms with Crippen molar-refractivity contribution in [1.29, 1.82) is 0 Å². The summed E-state index contributed by atoms with van der Waals surface area (Å²) in [5.74, 6) is 0.0549. The highest BCUT2D eigenvalue weighted by Crippen LogP contribution is 2.54. The quantitative estimate of drug-likeness (QED) is 0.121. The van der Waals surface area contributed by atoms with Gasteiger partial charge in [0, 0.05) is 39.9 Å². The van der Waals surface area contributed by atoms with Crippen LogP contribution in [0.3, 0.4) is 0 Å². The maximum atomic E-state index is 2.66. The topological polar surface area (TPSA) is 6.48 Å². The Bertz CT molecular complexity index is 3250. The molecule has 0 unspecified atom stereocenters. The molecule has 0 saturated heterocycles. The van der Waals surface area contributed by atoms with E-state index in [1.54, 1.807) is 0 Å². The van der Waals surface area contributed by atoms with E-state index in [4.69, 9.17) is 0 Å². The van der Waals surface area contributed by atoms with Crippen molar-refractivity contribution in [2.24, 2.45) is 0 Å². The molecule has 8 aromatic carbocycles. The summed E-state index contributed by atoms with van der Waals surface area (Å²) < 4.78 is 0. The minimum atomic E-state index is -0.0263. The molecule has 3 heteroatoms. The summed E-state index contributed by atoms with van der Waals surface area (Å²) in [4.78, 5) is 5.29. The van der Waals surface area contributed by atoms with Crippen LogP contribution in [0, 0.1) is 13.8 Å². The number of rotatable bonds is 6. The van der Waals surface area contributed by atoms with E-state index in [0.29, 0.717) is 0 Å². The lowest BCUT2D eigenvalue weighted by atomic mass is 9.33. The molecular formula is C66H67BN2. The molecule has 2 nitrogen and oxygen atoms in total. The predicted molar refractivity (Wildman–Crippen MR) is 297 cm³/mol. The van der Waals surface area contributed by atoms with E-state index in [1.165, 1.54) is 112 Å². The first-order valence-electron chi connectivity index (χ1n) is 25.3. The van der Waals surface area contributed by atoms with Crippen molar-refractivity contribution in [1.82, 2.24) is 0 Å². The third-order valence-corrected chi connectivity index (χ3v) is 15.8. The molecule has 3 aliphatic rings. The number of hydrogen-bond acceptors (Lipinski definition) is 2. The molecule has 8 aromatic rings. The Balaban J connectivity index is 1.27. The number of hydrogen-bond donors (Lipinski definition) is 0. The lowest BCUT2D eigenvalue weighted by molar-refractivity contribution is 0.403. The normalized spacial score (nSPS) is 15.5. The summed E-state index contributed by atoms with van der Waals surface area (Å²) in [5.41, 5.74) is 26.1. The molecule has 69 heavy (non-hydrogen) atoms. The minimum absolute atomic E-state index is 0.0202. The number of benzene rings is 8. The molecule has 11 rings (SSSR count). The van der Waals surface area contributed by atoms with Crippen LogP contribution in [0.5, 0.6) is 0 Å². The van der Waals surface area contributed by atoms with Gasteiger partial charge in [-0.3, -0.25) is 0 Å². The first kappa shape index (κ1) is 44.9. The Hall–Kier alpha value is -6.58. The maximum Gasteiger partial charge on any atom is 0.252 e. The van der Waals surface area contributed by atoms with E-state index in [9.17, 15) is 0 Å². The summed E-state index contributed by atoms with van der Waals surface area (Å²) in [6.45, 7) is 28.4. The molecule has 2 heterocycles. The van der Waals surface area contributed by atoms with Crippen LogP contribution in [-0.4, -0.2) is 6.71 Å². The van der Waals surface area contributed by atoms with Crippen molar-refractivity contribution in [2.75, 3.05) is 9.80 Å². The zero-order valence-corrected chi connectivity index (χ0v) is 42.9. The third kappa shape index (κ3) is 7.47. The average molecular weight is 899 g/mol. The zero-order chi connectivity index (χ0) is 48.4. The second kappa shape index (κ2) is 16.0. The Morgan fingerprint density at radius 2 is 0.942 bits per heavy atom. The lowest BCUT2D eigenvalue weighted by Crippen LogP contribution is -2.61. The molecule has 0 bridgehead atoms. The van der Waals surface area contributed by atoms with E-state index in [0.717, 1.165) is 6.42 Å². The summed E-state index contributed by atoms with van der Waals surface area (Å²) in [7, 11) is 0. The molecular weight excluding hydrogens is 832 g/mol. The molecule has 1 aliphatic carbocycles. The van der Waals surface area contributed by atoms with Gasteiger partial charge in [-0.1, -0.05) is 197 Å². The molecule has 2 aliphatic heterocycles. The SMILES string of the molecule is Cc1cc2c3c(c1)N(c1ccc(C(C)(C)C)cc1-c1ccccc1)c1ccc(C(c4ccccc4)c4ccccc4)cc1B3c1cc3c(cc1N2c1ccc(C(C)(C)C)cc1C)C(C)(C)CC3(C)C. The van der Waals surface area contributed by atoms with Gasteiger partial charge < -0.3 is 9.80 Å². The molecule has 0 amide bonds. The minimum Gasteiger partial charge on any atom is -0.311 e. The largest absolute Gasteiger partial charge is 0.311 e. The molecule has 0 saturated carbocycles. The molecule has 0 radical (unpaired) electrons. The van der Waals surface area contributed by atoms with Gasteiger partial charge in [0.05, 0.1) is 5.69 Å². The van der Waals surface area contributed by atoms with E-state index in [1.807, 2.05) is 0 Å². The van der Waals surface area contributed by atoms with Crippen LogP contribution >= 0.6 is 0 Å². The monoisotopic (exact) mass is 899 g/mol. The first-order valence-corrected chi connectivity index (χ1v) is 25.3. The lowest BCUT2D eigenvalue weighted by Gasteiger charge is -2.46. The molecule has 0 spiro atoms. The van der Waals surface area contributed by atoms with Crippen LogP contribution in [0.1, 0.15) is 132 Å². The van der Waals surface area contributed by atoms with Gasteiger partial charge in [-0.2, -0.15) is 0 Å². The highest BCUT2D eigenvalue weighted by Gasteiger charge is 2.48. The molecule has 0 N–H and O–H groups in total. The van der Waals surface area contributed by atoms with Crippen molar-refractivity contribution in [3.05, 3.63) is 220 Å². The van der Waals surface area contributed by atoms with Crippen molar-refractivity contribution in [3.8, 4) is 11.1 Å². The predicted octanol–water partition coefficient (Wildman–Crippen LogP) is 15.8. The number of anilines is 6. The van der Waals surface area contributed by atoms with Crippen LogP contribution in [0.4, 0.5) is 34.1 Å². The van der Waals surface area contributed by atoms with Gasteiger partial charge >= 0.3 is 0 Å². The highest BCUT2D eigenvalue weighted by atomic mass is 15.2. The van der Waals surface area contributed by atoms with Crippen molar-refractivity contribution in [2.45, 2.75) is 117 Å². The number of fused-ring (bicyclic) bond motifs is 5. The van der Waals surface area contributed by atoms with Crippen LogP contribution in [0.15, 0.2) is 170 Å². The second-order valence-electron chi connectivity index (χ2n) is 23.9. The van der Waals surface area contributed by atoms with Crippen LogP contribution < -0.4 is 26.2 Å². The number of nitrogens with zero attached hydrogens (tertiary/aromatic N) is 2. The Morgan fingerprint density at radius 3 is 1.51 bits per heavy atom. The molecule has 0 atom stereocenters. The summed E-state index contributed by atoms with van der Waals surface area (Å²) in [5, 5.41) is 0. The standard InChI is InChI=1S/C66H67BN2/c1-42-34-59-62-60(35-42)69(56-33-30-49(64(6,7)8)38-50(56)44-22-16-13-17-23-44)57-31-28-47(61(45-24-18-14-19-25-45)46-26-20-15-21-27-46)37-53(57)67(62)54-39-51-52(66(11,12)41-65(51,9)10)40-58(54)68(59)55-32-29-48(36-43(55)2)63(3,4)5/h13-40,61H,41H2,1-12H3.